The van der Waals surface area contributed by atoms with Crippen LogP contribution >= 0.6 is 27.3 Å². The summed E-state index contributed by atoms with van der Waals surface area (Å²) < 4.78 is 25.0. The molecule has 0 saturated carbocycles. The van der Waals surface area contributed by atoms with E-state index in [1.54, 1.807) is 12.1 Å². The Labute approximate surface area is 95.6 Å². The van der Waals surface area contributed by atoms with Crippen LogP contribution in [-0.4, -0.2) is 27.3 Å². The number of hydrogen-bond donors (Lipinski definition) is 1. The van der Waals surface area contributed by atoms with Gasteiger partial charge in [0.15, 0.2) is 9.84 Å². The van der Waals surface area contributed by atoms with E-state index < -0.39 is 9.84 Å². The number of hydrogen-bond acceptors (Lipinski definition) is 4. The summed E-state index contributed by atoms with van der Waals surface area (Å²) in [6, 6.07) is 3.44. The van der Waals surface area contributed by atoms with Crippen LogP contribution in [0.15, 0.2) is 20.1 Å². The van der Waals surface area contributed by atoms with Crippen LogP contribution in [0.25, 0.3) is 0 Å². The lowest BCUT2D eigenvalue weighted by atomic mass is 10.1. The summed E-state index contributed by atoms with van der Waals surface area (Å²) in [4.78, 5) is 0. The molecule has 1 aliphatic rings. The van der Waals surface area contributed by atoms with Crippen molar-refractivity contribution in [3.63, 3.8) is 0 Å². The van der Waals surface area contributed by atoms with Gasteiger partial charge in [-0.1, -0.05) is 0 Å². The third kappa shape index (κ3) is 2.18. The third-order valence-corrected chi connectivity index (χ3v) is 6.27. The molecule has 0 aromatic carbocycles. The van der Waals surface area contributed by atoms with Crippen LogP contribution in [-0.2, 0) is 9.84 Å². The Kier molecular flexibility index (Phi) is 2.97. The molecule has 0 bridgehead atoms. The van der Waals surface area contributed by atoms with Crippen LogP contribution in [0, 0.1) is 5.92 Å². The van der Waals surface area contributed by atoms with Gasteiger partial charge in [0.1, 0.15) is 4.21 Å². The molecule has 1 fully saturated rings. The second-order valence-electron chi connectivity index (χ2n) is 3.36. The summed E-state index contributed by atoms with van der Waals surface area (Å²) in [5.74, 6) is 0.563. The average Bonchev–Trinajstić information content (AvgIpc) is 2.45. The van der Waals surface area contributed by atoms with Gasteiger partial charge in [0.05, 0.1) is 9.54 Å². The highest BCUT2D eigenvalue weighted by molar-refractivity contribution is 9.11. The molecule has 0 unspecified atom stereocenters. The predicted octanol–water partition coefficient (Wildman–Crippen LogP) is 1.50. The molecule has 0 aliphatic carbocycles. The van der Waals surface area contributed by atoms with Crippen LogP contribution in [0.1, 0.15) is 0 Å². The van der Waals surface area contributed by atoms with E-state index in [0.717, 1.165) is 16.9 Å². The lowest BCUT2D eigenvalue weighted by Gasteiger charge is -2.26. The lowest BCUT2D eigenvalue weighted by molar-refractivity contribution is 0.379. The molecule has 0 amide bonds. The van der Waals surface area contributed by atoms with Gasteiger partial charge in [-0.15, -0.1) is 11.3 Å². The zero-order valence-electron chi connectivity index (χ0n) is 7.36. The molecule has 2 rings (SSSR count). The summed E-state index contributed by atoms with van der Waals surface area (Å²) in [5, 5.41) is 3.07. The van der Waals surface area contributed by atoms with E-state index in [4.69, 9.17) is 0 Å². The SMILES string of the molecule is O=S(=O)(CC1CNC1)c1ccc(Br)s1. The Morgan fingerprint density at radius 3 is 2.64 bits per heavy atom. The van der Waals surface area contributed by atoms with Crippen molar-refractivity contribution in [1.82, 2.24) is 5.32 Å². The van der Waals surface area contributed by atoms with Gasteiger partial charge < -0.3 is 5.32 Å². The Balaban J connectivity index is 2.15. The van der Waals surface area contributed by atoms with Crippen LogP contribution in [0.2, 0.25) is 0 Å². The number of halogens is 1. The van der Waals surface area contributed by atoms with Gasteiger partial charge in [-0.05, 0) is 34.0 Å². The van der Waals surface area contributed by atoms with Crippen molar-refractivity contribution in [3.8, 4) is 0 Å². The number of rotatable bonds is 3. The standard InChI is InChI=1S/C8H10BrNO2S2/c9-7-1-2-8(13-7)14(11,12)5-6-3-10-4-6/h1-2,6,10H,3-5H2. The van der Waals surface area contributed by atoms with Gasteiger partial charge in [-0.3, -0.25) is 0 Å². The minimum Gasteiger partial charge on any atom is -0.316 e. The Morgan fingerprint density at radius 2 is 2.21 bits per heavy atom. The number of sulfone groups is 1. The van der Waals surface area contributed by atoms with Gasteiger partial charge >= 0.3 is 0 Å². The van der Waals surface area contributed by atoms with Gasteiger partial charge in [-0.2, -0.15) is 0 Å². The monoisotopic (exact) mass is 295 g/mol. The largest absolute Gasteiger partial charge is 0.316 e. The highest BCUT2D eigenvalue weighted by Gasteiger charge is 2.26. The maximum atomic E-state index is 11.8. The van der Waals surface area contributed by atoms with Crippen molar-refractivity contribution in [2.45, 2.75) is 4.21 Å². The second-order valence-corrected chi connectivity index (χ2v) is 8.09. The topological polar surface area (TPSA) is 46.2 Å². The van der Waals surface area contributed by atoms with Gasteiger partial charge in [-0.25, -0.2) is 8.42 Å². The van der Waals surface area contributed by atoms with E-state index in [1.165, 1.54) is 11.3 Å². The number of thiophene rings is 1. The van der Waals surface area contributed by atoms with E-state index in [1.807, 2.05) is 0 Å². The molecule has 1 aromatic heterocycles. The van der Waals surface area contributed by atoms with E-state index in [9.17, 15) is 8.42 Å². The van der Waals surface area contributed by atoms with E-state index in [2.05, 4.69) is 21.2 Å². The van der Waals surface area contributed by atoms with Crippen molar-refractivity contribution >= 4 is 37.1 Å². The zero-order valence-corrected chi connectivity index (χ0v) is 10.6. The summed E-state index contributed by atoms with van der Waals surface area (Å²) in [7, 11) is -3.05. The van der Waals surface area contributed by atoms with Crippen LogP contribution in [0.3, 0.4) is 0 Å². The summed E-state index contributed by atoms with van der Waals surface area (Å²) in [6.07, 6.45) is 0. The molecule has 1 saturated heterocycles. The molecule has 1 aliphatic heterocycles. The van der Waals surface area contributed by atoms with Crippen molar-refractivity contribution in [2.24, 2.45) is 5.92 Å². The van der Waals surface area contributed by atoms with Crippen molar-refractivity contribution in [2.75, 3.05) is 18.8 Å². The predicted molar refractivity (Wildman–Crippen MR) is 60.4 cm³/mol. The Bertz CT molecular complexity index is 422. The molecule has 3 nitrogen and oxygen atoms in total. The van der Waals surface area contributed by atoms with Crippen LogP contribution in [0.4, 0.5) is 0 Å². The molecule has 0 atom stereocenters. The Morgan fingerprint density at radius 1 is 1.50 bits per heavy atom. The smallest absolute Gasteiger partial charge is 0.188 e. The Hall–Kier alpha value is 0.0900. The molecule has 2 heterocycles. The molecule has 1 aromatic rings. The van der Waals surface area contributed by atoms with E-state index >= 15 is 0 Å². The molecular weight excluding hydrogens is 286 g/mol. The average molecular weight is 296 g/mol. The van der Waals surface area contributed by atoms with Crippen molar-refractivity contribution < 1.29 is 8.42 Å². The summed E-state index contributed by atoms with van der Waals surface area (Å²) >= 11 is 4.54. The molecular formula is C8H10BrNO2S2. The van der Waals surface area contributed by atoms with Crippen molar-refractivity contribution in [1.29, 1.82) is 0 Å². The van der Waals surface area contributed by atoms with Gasteiger partial charge in [0.25, 0.3) is 0 Å². The minimum atomic E-state index is -3.05. The second kappa shape index (κ2) is 3.92. The quantitative estimate of drug-likeness (QED) is 0.919. The van der Waals surface area contributed by atoms with Gasteiger partial charge in [0, 0.05) is 13.1 Å². The lowest BCUT2D eigenvalue weighted by Crippen LogP contribution is -2.45. The zero-order chi connectivity index (χ0) is 10.2. The van der Waals surface area contributed by atoms with Crippen molar-refractivity contribution in [3.05, 3.63) is 15.9 Å². The van der Waals surface area contributed by atoms with Crippen LogP contribution < -0.4 is 5.32 Å². The fourth-order valence-electron chi connectivity index (χ4n) is 1.32. The molecule has 0 spiro atoms. The first-order valence-corrected chi connectivity index (χ1v) is 7.53. The fraction of sp³-hybridized carbons (Fsp3) is 0.500. The summed E-state index contributed by atoms with van der Waals surface area (Å²) in [5.41, 5.74) is 0. The molecule has 6 heteroatoms. The first-order valence-electron chi connectivity index (χ1n) is 4.27. The number of nitrogens with one attached hydrogen (secondary N) is 1. The highest BCUT2D eigenvalue weighted by Crippen LogP contribution is 2.28. The molecule has 1 N–H and O–H groups in total. The van der Waals surface area contributed by atoms with E-state index in [0.29, 0.717) is 10.1 Å². The van der Waals surface area contributed by atoms with Gasteiger partial charge in [0.2, 0.25) is 0 Å². The maximum absolute atomic E-state index is 11.8. The normalized spacial score (nSPS) is 18.1. The first-order chi connectivity index (χ1) is 6.58. The van der Waals surface area contributed by atoms with E-state index in [-0.39, 0.29) is 5.75 Å². The molecule has 0 radical (unpaired) electrons. The molecule has 78 valence electrons. The van der Waals surface area contributed by atoms with Crippen LogP contribution in [0.5, 0.6) is 0 Å². The highest BCUT2D eigenvalue weighted by atomic mass is 79.9. The maximum Gasteiger partial charge on any atom is 0.188 e. The third-order valence-electron chi connectivity index (χ3n) is 2.18. The first kappa shape index (κ1) is 10.6. The fourth-order valence-corrected chi connectivity index (χ4v) is 5.04. The minimum absolute atomic E-state index is 0.271. The molecule has 14 heavy (non-hydrogen) atoms. The summed E-state index contributed by atoms with van der Waals surface area (Å²) in [6.45, 7) is 1.65.